The van der Waals surface area contributed by atoms with Gasteiger partial charge in [-0.3, -0.25) is 4.98 Å². The average Bonchev–Trinajstić information content (AvgIpc) is 2.55. The molecule has 1 heterocycles. The van der Waals surface area contributed by atoms with Gasteiger partial charge in [-0.2, -0.15) is 0 Å². The van der Waals surface area contributed by atoms with Gasteiger partial charge < -0.3 is 15.8 Å². The standard InChI is InChI=1S/C17H17N3O/c1-21-14-4-2-3-12(9-14)10-20-16-6-5-13-11-19-8-7-15(13)17(16)18/h2-9,11,20H,10,18H2,1H3. The van der Waals surface area contributed by atoms with Crippen LogP contribution in [0.25, 0.3) is 10.8 Å². The lowest BCUT2D eigenvalue weighted by molar-refractivity contribution is 0.414. The summed E-state index contributed by atoms with van der Waals surface area (Å²) in [4.78, 5) is 4.11. The monoisotopic (exact) mass is 279 g/mol. The number of ether oxygens (including phenoxy) is 1. The van der Waals surface area contributed by atoms with Crippen LogP contribution < -0.4 is 15.8 Å². The minimum atomic E-state index is 0.692. The lowest BCUT2D eigenvalue weighted by atomic mass is 10.1. The molecule has 3 rings (SSSR count). The van der Waals surface area contributed by atoms with E-state index in [-0.39, 0.29) is 0 Å². The van der Waals surface area contributed by atoms with E-state index < -0.39 is 0 Å². The van der Waals surface area contributed by atoms with E-state index in [1.165, 1.54) is 0 Å². The molecule has 0 radical (unpaired) electrons. The highest BCUT2D eigenvalue weighted by Gasteiger charge is 2.04. The van der Waals surface area contributed by atoms with Crippen molar-refractivity contribution in [2.45, 2.75) is 6.54 Å². The minimum absolute atomic E-state index is 0.692. The Labute approximate surface area is 123 Å². The Bertz CT molecular complexity index is 771. The third kappa shape index (κ3) is 2.74. The highest BCUT2D eigenvalue weighted by molar-refractivity contribution is 5.98. The molecule has 0 spiro atoms. The van der Waals surface area contributed by atoms with Gasteiger partial charge in [0.05, 0.1) is 18.5 Å². The van der Waals surface area contributed by atoms with Gasteiger partial charge in [-0.25, -0.2) is 0 Å². The van der Waals surface area contributed by atoms with Crippen LogP contribution in [0, 0.1) is 0 Å². The zero-order valence-electron chi connectivity index (χ0n) is 11.8. The first kappa shape index (κ1) is 13.2. The zero-order valence-corrected chi connectivity index (χ0v) is 11.8. The molecule has 106 valence electrons. The van der Waals surface area contributed by atoms with Crippen molar-refractivity contribution in [1.29, 1.82) is 0 Å². The molecular weight excluding hydrogens is 262 g/mol. The van der Waals surface area contributed by atoms with E-state index in [1.807, 2.05) is 42.6 Å². The second kappa shape index (κ2) is 5.71. The van der Waals surface area contributed by atoms with Crippen LogP contribution >= 0.6 is 0 Å². The van der Waals surface area contributed by atoms with Crippen LogP contribution in [0.15, 0.2) is 54.9 Å². The summed E-state index contributed by atoms with van der Waals surface area (Å²) >= 11 is 0. The maximum atomic E-state index is 6.22. The second-order valence-electron chi connectivity index (χ2n) is 4.83. The number of pyridine rings is 1. The van der Waals surface area contributed by atoms with Gasteiger partial charge in [-0.05, 0) is 29.8 Å². The topological polar surface area (TPSA) is 60.2 Å². The van der Waals surface area contributed by atoms with Crippen molar-refractivity contribution in [2.75, 3.05) is 18.2 Å². The third-order valence-corrected chi connectivity index (χ3v) is 3.48. The molecule has 21 heavy (non-hydrogen) atoms. The zero-order chi connectivity index (χ0) is 14.7. The summed E-state index contributed by atoms with van der Waals surface area (Å²) in [6, 6.07) is 13.9. The number of hydrogen-bond donors (Lipinski definition) is 2. The Morgan fingerprint density at radius 3 is 2.95 bits per heavy atom. The number of rotatable bonds is 4. The first-order valence-corrected chi connectivity index (χ1v) is 6.77. The summed E-state index contributed by atoms with van der Waals surface area (Å²) < 4.78 is 5.23. The lowest BCUT2D eigenvalue weighted by Gasteiger charge is -2.12. The van der Waals surface area contributed by atoms with Crippen molar-refractivity contribution in [3.05, 3.63) is 60.4 Å². The van der Waals surface area contributed by atoms with Crippen molar-refractivity contribution >= 4 is 22.1 Å². The molecule has 4 heteroatoms. The summed E-state index contributed by atoms with van der Waals surface area (Å²) in [5, 5.41) is 5.43. The van der Waals surface area contributed by atoms with Crippen LogP contribution in [0.4, 0.5) is 11.4 Å². The molecule has 0 unspecified atom stereocenters. The Morgan fingerprint density at radius 1 is 1.19 bits per heavy atom. The van der Waals surface area contributed by atoms with Gasteiger partial charge in [0, 0.05) is 29.7 Å². The summed E-state index contributed by atoms with van der Waals surface area (Å²) in [6.45, 7) is 0.692. The molecule has 2 aromatic carbocycles. The van der Waals surface area contributed by atoms with Gasteiger partial charge in [0.15, 0.2) is 0 Å². The van der Waals surface area contributed by atoms with E-state index in [2.05, 4.69) is 16.4 Å². The lowest BCUT2D eigenvalue weighted by Crippen LogP contribution is -2.03. The molecule has 0 atom stereocenters. The fraction of sp³-hybridized carbons (Fsp3) is 0.118. The molecule has 0 aliphatic carbocycles. The quantitative estimate of drug-likeness (QED) is 0.718. The molecular formula is C17H17N3O. The number of nitrogens with one attached hydrogen (secondary N) is 1. The van der Waals surface area contributed by atoms with Gasteiger partial charge in [0.25, 0.3) is 0 Å². The van der Waals surface area contributed by atoms with Crippen molar-refractivity contribution in [3.8, 4) is 5.75 Å². The van der Waals surface area contributed by atoms with E-state index in [9.17, 15) is 0 Å². The molecule has 0 amide bonds. The van der Waals surface area contributed by atoms with Gasteiger partial charge in [-0.15, -0.1) is 0 Å². The van der Waals surface area contributed by atoms with E-state index in [4.69, 9.17) is 10.5 Å². The van der Waals surface area contributed by atoms with Crippen LogP contribution in [0.1, 0.15) is 5.56 Å². The van der Waals surface area contributed by atoms with Crippen molar-refractivity contribution in [3.63, 3.8) is 0 Å². The van der Waals surface area contributed by atoms with E-state index >= 15 is 0 Å². The summed E-state index contributed by atoms with van der Waals surface area (Å²) in [5.41, 5.74) is 9.04. The Hall–Kier alpha value is -2.75. The molecule has 3 N–H and O–H groups in total. The van der Waals surface area contributed by atoms with Gasteiger partial charge >= 0.3 is 0 Å². The number of methoxy groups -OCH3 is 1. The molecule has 4 nitrogen and oxygen atoms in total. The maximum absolute atomic E-state index is 6.22. The van der Waals surface area contributed by atoms with Crippen molar-refractivity contribution < 1.29 is 4.74 Å². The summed E-state index contributed by atoms with van der Waals surface area (Å²) in [6.07, 6.45) is 3.57. The first-order valence-electron chi connectivity index (χ1n) is 6.77. The number of hydrogen-bond acceptors (Lipinski definition) is 4. The van der Waals surface area contributed by atoms with E-state index in [0.717, 1.165) is 33.5 Å². The summed E-state index contributed by atoms with van der Waals surface area (Å²) in [7, 11) is 1.67. The molecule has 1 aromatic heterocycles. The van der Waals surface area contributed by atoms with Crippen LogP contribution in [-0.2, 0) is 6.54 Å². The van der Waals surface area contributed by atoms with Gasteiger partial charge in [-0.1, -0.05) is 18.2 Å². The molecule has 0 bridgehead atoms. The van der Waals surface area contributed by atoms with E-state index in [0.29, 0.717) is 6.54 Å². The van der Waals surface area contributed by atoms with E-state index in [1.54, 1.807) is 13.3 Å². The van der Waals surface area contributed by atoms with Crippen molar-refractivity contribution in [1.82, 2.24) is 4.98 Å². The smallest absolute Gasteiger partial charge is 0.119 e. The highest BCUT2D eigenvalue weighted by atomic mass is 16.5. The number of benzene rings is 2. The normalized spacial score (nSPS) is 10.5. The molecule has 0 aliphatic heterocycles. The second-order valence-corrected chi connectivity index (χ2v) is 4.83. The maximum Gasteiger partial charge on any atom is 0.119 e. The summed E-state index contributed by atoms with van der Waals surface area (Å²) in [5.74, 6) is 0.854. The third-order valence-electron chi connectivity index (χ3n) is 3.48. The molecule has 3 aromatic rings. The first-order chi connectivity index (χ1) is 10.3. The molecule has 0 saturated heterocycles. The Balaban J connectivity index is 1.83. The van der Waals surface area contributed by atoms with Gasteiger partial charge in [0.1, 0.15) is 5.75 Å². The largest absolute Gasteiger partial charge is 0.497 e. The number of nitrogens with two attached hydrogens (primary N) is 1. The number of nitrogen functional groups attached to an aromatic ring is 1. The van der Waals surface area contributed by atoms with Crippen molar-refractivity contribution in [2.24, 2.45) is 0 Å². The van der Waals surface area contributed by atoms with Crippen LogP contribution in [0.5, 0.6) is 5.75 Å². The molecule has 0 fully saturated rings. The van der Waals surface area contributed by atoms with Gasteiger partial charge in [0.2, 0.25) is 0 Å². The van der Waals surface area contributed by atoms with Crippen LogP contribution in [0.3, 0.4) is 0 Å². The molecule has 0 aliphatic rings. The Morgan fingerprint density at radius 2 is 2.10 bits per heavy atom. The average molecular weight is 279 g/mol. The minimum Gasteiger partial charge on any atom is -0.497 e. The predicted molar refractivity (Wildman–Crippen MR) is 86.5 cm³/mol. The Kier molecular flexibility index (Phi) is 3.60. The number of nitrogens with zero attached hydrogens (tertiary/aromatic N) is 1. The molecule has 0 saturated carbocycles. The number of aromatic nitrogens is 1. The number of anilines is 2. The fourth-order valence-corrected chi connectivity index (χ4v) is 2.33. The number of fused-ring (bicyclic) bond motifs is 1. The predicted octanol–water partition coefficient (Wildman–Crippen LogP) is 3.44. The SMILES string of the molecule is COc1cccc(CNc2ccc3cnccc3c2N)c1. The van der Waals surface area contributed by atoms with Crippen LogP contribution in [0.2, 0.25) is 0 Å². The highest BCUT2D eigenvalue weighted by Crippen LogP contribution is 2.28. The fourth-order valence-electron chi connectivity index (χ4n) is 2.33. The van der Waals surface area contributed by atoms with Crippen LogP contribution in [-0.4, -0.2) is 12.1 Å².